The molecule has 3 N–H and O–H groups in total. The Morgan fingerprint density at radius 1 is 0.625 bits per heavy atom. The molecular weight excluding hydrogens is 510 g/mol. The molecule has 0 radical (unpaired) electrons. The van der Waals surface area contributed by atoms with Crippen molar-refractivity contribution >= 4 is 11.9 Å². The Morgan fingerprint density at radius 2 is 1.00 bits per heavy atom. The molecular formula is C32H61NO7. The molecule has 0 aromatic heterocycles. The molecule has 4 atom stereocenters. The summed E-state index contributed by atoms with van der Waals surface area (Å²) in [7, 11) is 0. The smallest absolute Gasteiger partial charge is 0.309 e. The number of esters is 2. The number of hydrogen-bond donors (Lipinski definition) is 3. The Labute approximate surface area is 244 Å². The summed E-state index contributed by atoms with van der Waals surface area (Å²) >= 11 is 0. The number of ether oxygens (including phenoxy) is 2. The highest BCUT2D eigenvalue weighted by atomic mass is 16.5. The monoisotopic (exact) mass is 571 g/mol. The van der Waals surface area contributed by atoms with Crippen LogP contribution < -0.4 is 0 Å². The van der Waals surface area contributed by atoms with E-state index in [0.29, 0.717) is 13.2 Å². The van der Waals surface area contributed by atoms with Gasteiger partial charge in [0, 0.05) is 19.1 Å². The van der Waals surface area contributed by atoms with E-state index in [1.807, 2.05) is 0 Å². The molecule has 1 rings (SSSR count). The minimum Gasteiger partial charge on any atom is -0.465 e. The van der Waals surface area contributed by atoms with Crippen molar-refractivity contribution in [2.24, 2.45) is 11.8 Å². The number of nitrogens with zero attached hydrogens (tertiary/aromatic N) is 1. The minimum atomic E-state index is -0.865. The summed E-state index contributed by atoms with van der Waals surface area (Å²) in [5.41, 5.74) is 0. The van der Waals surface area contributed by atoms with Crippen molar-refractivity contribution in [1.82, 2.24) is 4.90 Å². The Balaban J connectivity index is 2.62. The third kappa shape index (κ3) is 15.7. The van der Waals surface area contributed by atoms with E-state index in [9.17, 15) is 24.9 Å². The first-order chi connectivity index (χ1) is 19.5. The van der Waals surface area contributed by atoms with Crippen LogP contribution in [0.5, 0.6) is 0 Å². The molecule has 236 valence electrons. The van der Waals surface area contributed by atoms with E-state index in [1.54, 1.807) is 4.90 Å². The van der Waals surface area contributed by atoms with Gasteiger partial charge in [-0.05, 0) is 25.7 Å². The molecule has 0 bridgehead atoms. The lowest BCUT2D eigenvalue weighted by Gasteiger charge is -2.42. The zero-order valence-electron chi connectivity index (χ0n) is 25.7. The molecule has 0 saturated heterocycles. The van der Waals surface area contributed by atoms with E-state index in [1.165, 1.54) is 64.2 Å². The van der Waals surface area contributed by atoms with Crippen LogP contribution in [0.4, 0.5) is 0 Å². The molecule has 0 spiro atoms. The first-order valence-electron chi connectivity index (χ1n) is 16.5. The SMILES string of the molecule is CCCCCCCCCCOC(=O)C1CC(O)C(N(CCO)CCO)CC1C(=O)OCCCCCCCCCC. The summed E-state index contributed by atoms with van der Waals surface area (Å²) in [6.07, 6.45) is 17.8. The summed E-state index contributed by atoms with van der Waals surface area (Å²) in [6, 6.07) is -0.447. The fraction of sp³-hybridized carbons (Fsp3) is 0.938. The highest BCUT2D eigenvalue weighted by Crippen LogP contribution is 2.35. The van der Waals surface area contributed by atoms with Crippen LogP contribution in [-0.2, 0) is 19.1 Å². The molecule has 1 saturated carbocycles. The largest absolute Gasteiger partial charge is 0.465 e. The summed E-state index contributed by atoms with van der Waals surface area (Å²) in [5.74, 6) is -2.32. The van der Waals surface area contributed by atoms with Gasteiger partial charge in [0.25, 0.3) is 0 Å². The van der Waals surface area contributed by atoms with Crippen molar-refractivity contribution in [2.75, 3.05) is 39.5 Å². The standard InChI is InChI=1S/C32H61NO7/c1-3-5-7-9-11-13-15-17-23-39-31(37)27-25-29(33(19-21-34)20-22-35)30(36)26-28(27)32(38)40-24-18-16-14-12-10-8-6-4-2/h27-30,34-36H,3-26H2,1-2H3. The summed E-state index contributed by atoms with van der Waals surface area (Å²) in [5, 5.41) is 29.9. The second kappa shape index (κ2) is 24.4. The molecule has 0 aromatic rings. The number of aliphatic hydroxyl groups excluding tert-OH is 3. The van der Waals surface area contributed by atoms with Gasteiger partial charge >= 0.3 is 11.9 Å². The van der Waals surface area contributed by atoms with E-state index in [0.717, 1.165) is 38.5 Å². The van der Waals surface area contributed by atoms with Crippen molar-refractivity contribution in [1.29, 1.82) is 0 Å². The van der Waals surface area contributed by atoms with Gasteiger partial charge in [0.15, 0.2) is 0 Å². The number of carbonyl (C=O) groups is 2. The molecule has 8 nitrogen and oxygen atoms in total. The number of unbranched alkanes of at least 4 members (excludes halogenated alkanes) is 14. The van der Waals surface area contributed by atoms with Crippen molar-refractivity contribution < 1.29 is 34.4 Å². The van der Waals surface area contributed by atoms with Gasteiger partial charge in [0.05, 0.1) is 44.4 Å². The second-order valence-electron chi connectivity index (χ2n) is 11.6. The molecule has 0 amide bonds. The first-order valence-corrected chi connectivity index (χ1v) is 16.5. The van der Waals surface area contributed by atoms with Gasteiger partial charge in [0.2, 0.25) is 0 Å². The minimum absolute atomic E-state index is 0.103. The van der Waals surface area contributed by atoms with Gasteiger partial charge in [-0.25, -0.2) is 0 Å². The zero-order chi connectivity index (χ0) is 29.4. The molecule has 1 aliphatic rings. The topological polar surface area (TPSA) is 117 Å². The van der Waals surface area contributed by atoms with Crippen LogP contribution in [0.3, 0.4) is 0 Å². The number of aliphatic hydroxyl groups is 3. The predicted octanol–water partition coefficient (Wildman–Crippen LogP) is 5.40. The van der Waals surface area contributed by atoms with Crippen molar-refractivity contribution in [3.63, 3.8) is 0 Å². The molecule has 0 heterocycles. The fourth-order valence-corrected chi connectivity index (χ4v) is 5.81. The lowest BCUT2D eigenvalue weighted by molar-refractivity contribution is -0.168. The number of hydrogen-bond acceptors (Lipinski definition) is 8. The number of rotatable bonds is 25. The summed E-state index contributed by atoms with van der Waals surface area (Å²) < 4.78 is 11.2. The lowest BCUT2D eigenvalue weighted by atomic mass is 9.74. The van der Waals surface area contributed by atoms with Gasteiger partial charge in [-0.1, -0.05) is 104 Å². The van der Waals surface area contributed by atoms with Crippen LogP contribution in [0.1, 0.15) is 129 Å². The van der Waals surface area contributed by atoms with Gasteiger partial charge in [-0.3, -0.25) is 14.5 Å². The van der Waals surface area contributed by atoms with Gasteiger partial charge in [0.1, 0.15) is 0 Å². The average molecular weight is 572 g/mol. The van der Waals surface area contributed by atoms with Crippen molar-refractivity contribution in [3.8, 4) is 0 Å². The van der Waals surface area contributed by atoms with Crippen molar-refractivity contribution in [2.45, 2.75) is 142 Å². The van der Waals surface area contributed by atoms with Crippen LogP contribution in [0, 0.1) is 11.8 Å². The Kier molecular flexibility index (Phi) is 22.4. The lowest BCUT2D eigenvalue weighted by Crippen LogP contribution is -2.54. The third-order valence-corrected chi connectivity index (χ3v) is 8.25. The third-order valence-electron chi connectivity index (χ3n) is 8.25. The maximum atomic E-state index is 13.2. The quantitative estimate of drug-likeness (QED) is 0.0986. The Morgan fingerprint density at radius 3 is 1.40 bits per heavy atom. The maximum Gasteiger partial charge on any atom is 0.309 e. The van der Waals surface area contributed by atoms with Gasteiger partial charge in [-0.15, -0.1) is 0 Å². The maximum absolute atomic E-state index is 13.2. The second-order valence-corrected chi connectivity index (χ2v) is 11.6. The van der Waals surface area contributed by atoms with E-state index in [-0.39, 0.29) is 39.1 Å². The highest BCUT2D eigenvalue weighted by Gasteiger charge is 2.46. The van der Waals surface area contributed by atoms with Gasteiger partial charge in [-0.2, -0.15) is 0 Å². The fourth-order valence-electron chi connectivity index (χ4n) is 5.81. The van der Waals surface area contributed by atoms with Crippen LogP contribution in [-0.4, -0.2) is 83.8 Å². The molecule has 0 aromatic carbocycles. The summed E-state index contributed by atoms with van der Waals surface area (Å²) in [4.78, 5) is 28.1. The van der Waals surface area contributed by atoms with Gasteiger partial charge < -0.3 is 24.8 Å². The molecule has 40 heavy (non-hydrogen) atoms. The summed E-state index contributed by atoms with van der Waals surface area (Å²) in [6.45, 7) is 5.37. The molecule has 1 fully saturated rings. The van der Waals surface area contributed by atoms with Crippen LogP contribution in [0.2, 0.25) is 0 Å². The van der Waals surface area contributed by atoms with Crippen LogP contribution >= 0.6 is 0 Å². The molecule has 4 unspecified atom stereocenters. The number of carbonyl (C=O) groups excluding carboxylic acids is 2. The predicted molar refractivity (Wildman–Crippen MR) is 159 cm³/mol. The van der Waals surface area contributed by atoms with Crippen molar-refractivity contribution in [3.05, 3.63) is 0 Å². The van der Waals surface area contributed by atoms with E-state index in [2.05, 4.69) is 13.8 Å². The van der Waals surface area contributed by atoms with E-state index < -0.39 is 35.9 Å². The Hall–Kier alpha value is -1.22. The van der Waals surface area contributed by atoms with Crippen LogP contribution in [0.15, 0.2) is 0 Å². The van der Waals surface area contributed by atoms with E-state index in [4.69, 9.17) is 9.47 Å². The van der Waals surface area contributed by atoms with E-state index >= 15 is 0 Å². The zero-order valence-corrected chi connectivity index (χ0v) is 25.7. The molecule has 1 aliphatic carbocycles. The molecule has 0 aliphatic heterocycles. The first kappa shape index (κ1) is 36.8. The molecule has 8 heteroatoms. The Bertz CT molecular complexity index is 626. The average Bonchev–Trinajstić information content (AvgIpc) is 2.95. The van der Waals surface area contributed by atoms with Crippen LogP contribution in [0.25, 0.3) is 0 Å². The highest BCUT2D eigenvalue weighted by molar-refractivity contribution is 5.82. The normalized spacial score (nSPS) is 21.1.